The Balaban J connectivity index is 1.89. The number of aromatic amines is 1. The van der Waals surface area contributed by atoms with Crippen LogP contribution in [0.2, 0.25) is 0 Å². The third kappa shape index (κ3) is 3.80. The summed E-state index contributed by atoms with van der Waals surface area (Å²) in [4.78, 5) is 24.2. The molecule has 11 heteroatoms. The van der Waals surface area contributed by atoms with Crippen LogP contribution in [-0.2, 0) is 10.6 Å². The summed E-state index contributed by atoms with van der Waals surface area (Å²) in [6.45, 7) is 1.78. The Morgan fingerprint density at radius 3 is 2.42 bits per heavy atom. The van der Waals surface area contributed by atoms with Crippen LogP contribution in [0.3, 0.4) is 0 Å². The zero-order valence-electron chi connectivity index (χ0n) is 17.9. The predicted molar refractivity (Wildman–Crippen MR) is 114 cm³/mol. The standard InChI is InChI=1S/C22H20F3N5O3/c1-13-26-12-17(27-13)15-9-10-18-16(11-15)28-20(32-2)30(18)22(33-3,21(23,24)25)29-19(31)14-7-5-4-6-8-14/h4-12H,1-3H3,(H,26,27)(H,29,31). The number of nitrogens with one attached hydrogen (secondary N) is 2. The van der Waals surface area contributed by atoms with Crippen LogP contribution in [0.5, 0.6) is 6.01 Å². The van der Waals surface area contributed by atoms with Gasteiger partial charge in [-0.3, -0.25) is 10.1 Å². The molecule has 0 bridgehead atoms. The fourth-order valence-corrected chi connectivity index (χ4v) is 3.56. The molecule has 0 aliphatic heterocycles. The second kappa shape index (κ2) is 8.24. The summed E-state index contributed by atoms with van der Waals surface area (Å²) < 4.78 is 54.5. The second-order valence-corrected chi connectivity index (χ2v) is 7.19. The molecule has 4 aromatic rings. The Labute approximate surface area is 186 Å². The number of hydrogen-bond acceptors (Lipinski definition) is 5. The first-order valence-corrected chi connectivity index (χ1v) is 9.78. The number of hydrogen-bond donors (Lipinski definition) is 2. The van der Waals surface area contributed by atoms with E-state index >= 15 is 0 Å². The molecule has 0 radical (unpaired) electrons. The van der Waals surface area contributed by atoms with E-state index in [1.54, 1.807) is 43.5 Å². The van der Waals surface area contributed by atoms with Gasteiger partial charge in [0, 0.05) is 18.2 Å². The summed E-state index contributed by atoms with van der Waals surface area (Å²) >= 11 is 0. The number of H-pyrrole nitrogens is 1. The van der Waals surface area contributed by atoms with Crippen molar-refractivity contribution in [2.75, 3.05) is 14.2 Å². The van der Waals surface area contributed by atoms with Crippen LogP contribution in [0, 0.1) is 6.92 Å². The summed E-state index contributed by atoms with van der Waals surface area (Å²) in [7, 11) is 2.04. The molecule has 0 fully saturated rings. The molecule has 2 aromatic carbocycles. The van der Waals surface area contributed by atoms with Crippen LogP contribution < -0.4 is 10.1 Å². The van der Waals surface area contributed by atoms with E-state index in [4.69, 9.17) is 9.47 Å². The van der Waals surface area contributed by atoms with E-state index in [2.05, 4.69) is 15.0 Å². The lowest BCUT2D eigenvalue weighted by molar-refractivity contribution is -0.317. The first kappa shape index (κ1) is 22.3. The molecule has 33 heavy (non-hydrogen) atoms. The minimum absolute atomic E-state index is 0.0310. The highest BCUT2D eigenvalue weighted by molar-refractivity contribution is 5.94. The summed E-state index contributed by atoms with van der Waals surface area (Å²) in [5.74, 6) is -3.58. The number of alkyl halides is 3. The van der Waals surface area contributed by atoms with Crippen LogP contribution >= 0.6 is 0 Å². The van der Waals surface area contributed by atoms with Crippen LogP contribution in [0.4, 0.5) is 13.2 Å². The van der Waals surface area contributed by atoms with Crippen molar-refractivity contribution in [3.63, 3.8) is 0 Å². The van der Waals surface area contributed by atoms with Gasteiger partial charge in [-0.2, -0.15) is 18.2 Å². The van der Waals surface area contributed by atoms with Gasteiger partial charge in [-0.15, -0.1) is 0 Å². The van der Waals surface area contributed by atoms with Gasteiger partial charge in [-0.05, 0) is 31.2 Å². The van der Waals surface area contributed by atoms with Crippen molar-refractivity contribution < 1.29 is 27.4 Å². The Morgan fingerprint density at radius 1 is 1.12 bits per heavy atom. The number of aryl methyl sites for hydroxylation is 1. The molecule has 1 unspecified atom stereocenters. The van der Waals surface area contributed by atoms with Gasteiger partial charge in [-0.1, -0.05) is 24.3 Å². The lowest BCUT2D eigenvalue weighted by Gasteiger charge is -2.36. The van der Waals surface area contributed by atoms with E-state index < -0.39 is 23.9 Å². The van der Waals surface area contributed by atoms with Crippen LogP contribution in [0.15, 0.2) is 54.7 Å². The zero-order valence-corrected chi connectivity index (χ0v) is 17.9. The van der Waals surface area contributed by atoms with Crippen molar-refractivity contribution in [2.45, 2.75) is 18.9 Å². The van der Waals surface area contributed by atoms with E-state index in [0.29, 0.717) is 21.6 Å². The minimum Gasteiger partial charge on any atom is -0.468 e. The highest BCUT2D eigenvalue weighted by atomic mass is 19.4. The van der Waals surface area contributed by atoms with Crippen molar-refractivity contribution in [2.24, 2.45) is 0 Å². The number of carbonyl (C=O) groups is 1. The number of methoxy groups -OCH3 is 2. The molecule has 2 heterocycles. The monoisotopic (exact) mass is 459 g/mol. The number of halogens is 3. The number of carbonyl (C=O) groups excluding carboxylic acids is 1. The lowest BCUT2D eigenvalue weighted by atomic mass is 10.1. The molecule has 0 aliphatic rings. The zero-order chi connectivity index (χ0) is 23.8. The van der Waals surface area contributed by atoms with Gasteiger partial charge in [0.2, 0.25) is 0 Å². The SMILES string of the molecule is COc1nc2cc(-c3cnc(C)[nH]3)ccc2n1C(NC(=O)c1ccccc1)(OC)C(F)(F)F. The van der Waals surface area contributed by atoms with Crippen molar-refractivity contribution in [3.05, 3.63) is 66.1 Å². The summed E-state index contributed by atoms with van der Waals surface area (Å²) in [5, 5.41) is 2.00. The highest BCUT2D eigenvalue weighted by Crippen LogP contribution is 2.41. The molecule has 0 saturated carbocycles. The Kier molecular flexibility index (Phi) is 5.58. The van der Waals surface area contributed by atoms with Gasteiger partial charge < -0.3 is 14.5 Å². The molecule has 2 N–H and O–H groups in total. The maximum Gasteiger partial charge on any atom is 0.459 e. The molecular weight excluding hydrogens is 439 g/mol. The van der Waals surface area contributed by atoms with Crippen molar-refractivity contribution in [1.29, 1.82) is 0 Å². The molecule has 0 spiro atoms. The van der Waals surface area contributed by atoms with Crippen molar-refractivity contribution >= 4 is 16.9 Å². The molecule has 0 aliphatic carbocycles. The molecule has 1 atom stereocenters. The van der Waals surface area contributed by atoms with E-state index in [9.17, 15) is 18.0 Å². The first-order chi connectivity index (χ1) is 15.7. The topological polar surface area (TPSA) is 94.1 Å². The smallest absolute Gasteiger partial charge is 0.459 e. The van der Waals surface area contributed by atoms with Crippen LogP contribution in [0.1, 0.15) is 16.2 Å². The van der Waals surface area contributed by atoms with E-state index in [0.717, 1.165) is 7.11 Å². The van der Waals surface area contributed by atoms with E-state index in [1.165, 1.54) is 25.3 Å². The van der Waals surface area contributed by atoms with Gasteiger partial charge in [0.25, 0.3) is 5.91 Å². The first-order valence-electron chi connectivity index (χ1n) is 9.78. The quantitative estimate of drug-likeness (QED) is 0.425. The van der Waals surface area contributed by atoms with Gasteiger partial charge in [0.1, 0.15) is 5.82 Å². The molecule has 1 amide bonds. The molecule has 0 saturated heterocycles. The van der Waals surface area contributed by atoms with Crippen LogP contribution in [-0.4, -0.2) is 45.8 Å². The number of imidazole rings is 2. The molecular formula is C22H20F3N5O3. The van der Waals surface area contributed by atoms with Gasteiger partial charge in [0.15, 0.2) is 0 Å². The average Bonchev–Trinajstić information content (AvgIpc) is 3.40. The molecule has 172 valence electrons. The summed E-state index contributed by atoms with van der Waals surface area (Å²) in [6, 6.07) is 11.8. The number of fused-ring (bicyclic) bond motifs is 1. The predicted octanol–water partition coefficient (Wildman–Crippen LogP) is 3.99. The van der Waals surface area contributed by atoms with Crippen molar-refractivity contribution in [3.8, 4) is 17.3 Å². The number of nitrogens with zero attached hydrogens (tertiary/aromatic N) is 3. The van der Waals surface area contributed by atoms with Crippen molar-refractivity contribution in [1.82, 2.24) is 24.8 Å². The van der Waals surface area contributed by atoms with E-state index in [-0.39, 0.29) is 16.6 Å². The fourth-order valence-electron chi connectivity index (χ4n) is 3.56. The van der Waals surface area contributed by atoms with E-state index in [1.807, 2.05) is 5.32 Å². The number of rotatable bonds is 6. The maximum absolute atomic E-state index is 14.5. The fraction of sp³-hybridized carbons (Fsp3) is 0.227. The third-order valence-electron chi connectivity index (χ3n) is 5.13. The second-order valence-electron chi connectivity index (χ2n) is 7.19. The number of benzene rings is 2. The number of ether oxygens (including phenoxy) is 2. The molecule has 4 rings (SSSR count). The maximum atomic E-state index is 14.5. The Morgan fingerprint density at radius 2 is 1.85 bits per heavy atom. The minimum atomic E-state index is -5.08. The molecule has 2 aromatic heterocycles. The summed E-state index contributed by atoms with van der Waals surface area (Å²) in [6.07, 6.45) is -3.47. The average molecular weight is 459 g/mol. The van der Waals surface area contributed by atoms with Gasteiger partial charge >= 0.3 is 18.0 Å². The number of amides is 1. The summed E-state index contributed by atoms with van der Waals surface area (Å²) in [5.41, 5.74) is 1.62. The normalized spacial score (nSPS) is 13.6. The van der Waals surface area contributed by atoms with Gasteiger partial charge in [-0.25, -0.2) is 9.55 Å². The lowest BCUT2D eigenvalue weighted by Crippen LogP contribution is -2.61. The Bertz CT molecular complexity index is 1300. The largest absolute Gasteiger partial charge is 0.468 e. The number of aromatic nitrogens is 4. The van der Waals surface area contributed by atoms with Gasteiger partial charge in [0.05, 0.1) is 30.0 Å². The highest BCUT2D eigenvalue weighted by Gasteiger charge is 2.61. The Hall–Kier alpha value is -3.86. The molecule has 8 nitrogen and oxygen atoms in total. The van der Waals surface area contributed by atoms with Crippen LogP contribution in [0.25, 0.3) is 22.3 Å². The third-order valence-corrected chi connectivity index (χ3v) is 5.13.